The van der Waals surface area contributed by atoms with Gasteiger partial charge in [-0.1, -0.05) is 12.1 Å². The molecule has 0 aliphatic heterocycles. The van der Waals surface area contributed by atoms with Crippen molar-refractivity contribution in [2.45, 2.75) is 11.8 Å². The highest BCUT2D eigenvalue weighted by atomic mass is 32.2. The van der Waals surface area contributed by atoms with Crippen LogP contribution < -0.4 is 9.46 Å². The lowest BCUT2D eigenvalue weighted by Gasteiger charge is -2.09. The minimum Gasteiger partial charge on any atom is -0.497 e. The van der Waals surface area contributed by atoms with Crippen molar-refractivity contribution in [2.24, 2.45) is 0 Å². The van der Waals surface area contributed by atoms with Gasteiger partial charge >= 0.3 is 0 Å². The second-order valence-corrected chi connectivity index (χ2v) is 9.48. The lowest BCUT2D eigenvalue weighted by atomic mass is 10.2. The number of methoxy groups -OCH3 is 1. The number of anilines is 1. The maximum Gasteiger partial charge on any atom is 0.262 e. The molecule has 0 amide bonds. The third-order valence-corrected chi connectivity index (χ3v) is 7.64. The van der Waals surface area contributed by atoms with E-state index in [2.05, 4.69) is 9.71 Å². The van der Waals surface area contributed by atoms with Crippen molar-refractivity contribution in [1.82, 2.24) is 4.98 Å². The van der Waals surface area contributed by atoms with Crippen molar-refractivity contribution in [3.8, 4) is 16.3 Å². The Kier molecular flexibility index (Phi) is 4.63. The van der Waals surface area contributed by atoms with Gasteiger partial charge in [-0.3, -0.25) is 4.72 Å². The summed E-state index contributed by atoms with van der Waals surface area (Å²) >= 11 is 2.92. The van der Waals surface area contributed by atoms with Crippen LogP contribution in [0.15, 0.2) is 58.8 Å². The summed E-state index contributed by atoms with van der Waals surface area (Å²) in [6.45, 7) is 1.96. The number of thiazole rings is 1. The number of aromatic nitrogens is 1. The van der Waals surface area contributed by atoms with Crippen LogP contribution in [-0.4, -0.2) is 20.5 Å². The third kappa shape index (κ3) is 3.43. The molecule has 0 unspecified atom stereocenters. The maximum absolute atomic E-state index is 12.8. The molecule has 0 saturated carbocycles. The van der Waals surface area contributed by atoms with Crippen LogP contribution in [0.25, 0.3) is 20.8 Å². The molecule has 4 rings (SSSR count). The molecule has 0 radical (unpaired) electrons. The zero-order chi connectivity index (χ0) is 19.0. The normalized spacial score (nSPS) is 11.6. The first kappa shape index (κ1) is 18.0. The average molecular weight is 417 g/mol. The van der Waals surface area contributed by atoms with Crippen LogP contribution in [0.1, 0.15) is 5.56 Å². The molecule has 0 aliphatic rings. The van der Waals surface area contributed by atoms with Crippen LogP contribution >= 0.6 is 22.7 Å². The van der Waals surface area contributed by atoms with Gasteiger partial charge in [0.15, 0.2) is 0 Å². The lowest BCUT2D eigenvalue weighted by molar-refractivity contribution is 0.414. The van der Waals surface area contributed by atoms with E-state index < -0.39 is 10.0 Å². The lowest BCUT2D eigenvalue weighted by Crippen LogP contribution is -2.12. The van der Waals surface area contributed by atoms with E-state index in [0.717, 1.165) is 26.4 Å². The van der Waals surface area contributed by atoms with Gasteiger partial charge in [0.1, 0.15) is 15.8 Å². The molecule has 2 aromatic heterocycles. The van der Waals surface area contributed by atoms with Crippen molar-refractivity contribution >= 4 is 47.9 Å². The zero-order valence-electron chi connectivity index (χ0n) is 14.6. The summed E-state index contributed by atoms with van der Waals surface area (Å²) < 4.78 is 34.5. The molecule has 0 saturated heterocycles. The molecular weight excluding hydrogens is 400 g/mol. The van der Waals surface area contributed by atoms with E-state index >= 15 is 0 Å². The van der Waals surface area contributed by atoms with Gasteiger partial charge < -0.3 is 4.74 Å². The van der Waals surface area contributed by atoms with E-state index in [-0.39, 0.29) is 4.90 Å². The fraction of sp³-hybridized carbons (Fsp3) is 0.105. The fourth-order valence-corrected chi connectivity index (χ4v) is 6.11. The quantitative estimate of drug-likeness (QED) is 0.489. The van der Waals surface area contributed by atoms with Gasteiger partial charge in [-0.15, -0.1) is 22.7 Å². The van der Waals surface area contributed by atoms with Crippen LogP contribution in [0.2, 0.25) is 0 Å². The Hall–Kier alpha value is -2.42. The third-order valence-electron chi connectivity index (χ3n) is 4.08. The molecule has 5 nitrogen and oxygen atoms in total. The second kappa shape index (κ2) is 6.95. The monoisotopic (exact) mass is 416 g/mol. The summed E-state index contributed by atoms with van der Waals surface area (Å²) in [4.78, 5) is 4.86. The first-order valence-corrected chi connectivity index (χ1v) is 11.3. The van der Waals surface area contributed by atoms with Crippen molar-refractivity contribution in [3.63, 3.8) is 0 Å². The number of hydrogen-bond acceptors (Lipinski definition) is 6. The Morgan fingerprint density at radius 2 is 1.81 bits per heavy atom. The molecule has 27 heavy (non-hydrogen) atoms. The predicted octanol–water partition coefficient (Wildman–Crippen LogP) is 5.14. The predicted molar refractivity (Wildman–Crippen MR) is 111 cm³/mol. The van der Waals surface area contributed by atoms with Crippen molar-refractivity contribution in [2.75, 3.05) is 11.8 Å². The molecule has 0 spiro atoms. The Bertz CT molecular complexity index is 1180. The number of hydrogen-bond donors (Lipinski definition) is 1. The number of thiophene rings is 1. The maximum atomic E-state index is 12.8. The summed E-state index contributed by atoms with van der Waals surface area (Å²) in [5.41, 5.74) is 2.73. The minimum absolute atomic E-state index is 0.185. The van der Waals surface area contributed by atoms with Gasteiger partial charge in [-0.05, 0) is 54.3 Å². The topological polar surface area (TPSA) is 68.3 Å². The van der Waals surface area contributed by atoms with Crippen LogP contribution in [-0.2, 0) is 10.0 Å². The fourth-order valence-electron chi connectivity index (χ4n) is 2.70. The van der Waals surface area contributed by atoms with E-state index in [4.69, 9.17) is 4.74 Å². The number of rotatable bonds is 5. The Morgan fingerprint density at radius 3 is 2.52 bits per heavy atom. The molecule has 8 heteroatoms. The number of nitrogens with one attached hydrogen (secondary N) is 1. The van der Waals surface area contributed by atoms with E-state index in [1.165, 1.54) is 23.5 Å². The molecule has 2 aromatic carbocycles. The molecule has 0 bridgehead atoms. The molecule has 4 aromatic rings. The van der Waals surface area contributed by atoms with Gasteiger partial charge in [0.05, 0.1) is 22.2 Å². The average Bonchev–Trinajstić information content (AvgIpc) is 3.24. The van der Waals surface area contributed by atoms with Gasteiger partial charge in [0, 0.05) is 5.56 Å². The number of ether oxygens (including phenoxy) is 1. The van der Waals surface area contributed by atoms with E-state index in [1.54, 1.807) is 30.6 Å². The highest BCUT2D eigenvalue weighted by molar-refractivity contribution is 7.93. The summed E-state index contributed by atoms with van der Waals surface area (Å²) in [6.07, 6.45) is 0. The highest BCUT2D eigenvalue weighted by Gasteiger charge is 2.21. The van der Waals surface area contributed by atoms with E-state index in [0.29, 0.717) is 10.8 Å². The van der Waals surface area contributed by atoms with Gasteiger partial charge in [0.2, 0.25) is 0 Å². The summed E-state index contributed by atoms with van der Waals surface area (Å²) in [5.74, 6) is 0.607. The highest BCUT2D eigenvalue weighted by Crippen LogP contribution is 2.41. The number of aryl methyl sites for hydroxylation is 1. The molecular formula is C19H16N2O3S3. The van der Waals surface area contributed by atoms with Crippen LogP contribution in [0.5, 0.6) is 5.75 Å². The van der Waals surface area contributed by atoms with Crippen molar-refractivity contribution in [1.29, 1.82) is 0 Å². The van der Waals surface area contributed by atoms with Gasteiger partial charge in [0.25, 0.3) is 10.0 Å². The van der Waals surface area contributed by atoms with Crippen molar-refractivity contribution < 1.29 is 13.2 Å². The number of benzene rings is 2. The van der Waals surface area contributed by atoms with Crippen LogP contribution in [0.4, 0.5) is 5.00 Å². The number of sulfonamides is 1. The van der Waals surface area contributed by atoms with Gasteiger partial charge in [-0.25, -0.2) is 13.4 Å². The smallest absolute Gasteiger partial charge is 0.262 e. The molecule has 0 aliphatic carbocycles. The number of nitrogens with zero attached hydrogens (tertiary/aromatic N) is 1. The first-order valence-electron chi connectivity index (χ1n) is 8.09. The Balaban J connectivity index is 1.72. The molecule has 0 atom stereocenters. The Labute approximate surface area is 165 Å². The van der Waals surface area contributed by atoms with E-state index in [9.17, 15) is 8.42 Å². The number of para-hydroxylation sites is 1. The zero-order valence-corrected chi connectivity index (χ0v) is 17.0. The summed E-state index contributed by atoms with van der Waals surface area (Å²) in [6, 6.07) is 14.2. The summed E-state index contributed by atoms with van der Waals surface area (Å²) in [5, 5.41) is 3.32. The molecule has 0 fully saturated rings. The minimum atomic E-state index is -3.70. The molecule has 138 valence electrons. The Morgan fingerprint density at radius 1 is 1.07 bits per heavy atom. The molecule has 1 N–H and O–H groups in total. The number of fused-ring (bicyclic) bond motifs is 1. The molecule has 2 heterocycles. The SMILES string of the molecule is COc1ccc(S(=O)(=O)Nc2scc(C)c2-c2nc3ccccc3s2)cc1. The largest absolute Gasteiger partial charge is 0.497 e. The van der Waals surface area contributed by atoms with Crippen LogP contribution in [0.3, 0.4) is 0 Å². The van der Waals surface area contributed by atoms with E-state index in [1.807, 2.05) is 36.6 Å². The van der Waals surface area contributed by atoms with Crippen LogP contribution in [0, 0.1) is 6.92 Å². The summed E-state index contributed by atoms with van der Waals surface area (Å²) in [7, 11) is -2.16. The standard InChI is InChI=1S/C19H16N2O3S3/c1-12-11-25-19(17(12)18-20-15-5-3-4-6-16(15)26-18)21-27(22,23)14-9-7-13(24-2)8-10-14/h3-11,21H,1-2H3. The first-order chi connectivity index (χ1) is 13.0. The second-order valence-electron chi connectivity index (χ2n) is 5.89. The van der Waals surface area contributed by atoms with Crippen molar-refractivity contribution in [3.05, 3.63) is 59.5 Å². The van der Waals surface area contributed by atoms with Gasteiger partial charge in [-0.2, -0.15) is 0 Å².